The number of benzene rings is 1. The van der Waals surface area contributed by atoms with Crippen LogP contribution in [0.25, 0.3) is 0 Å². The number of ether oxygens (including phenoxy) is 1. The molecule has 1 aromatic rings. The lowest BCUT2D eigenvalue weighted by molar-refractivity contribution is -0.137. The Hall–Kier alpha value is -1.63. The molecule has 0 aliphatic carbocycles. The maximum absolute atomic E-state index is 12.7. The Bertz CT molecular complexity index is 710. The van der Waals surface area contributed by atoms with E-state index in [2.05, 4.69) is 0 Å². The van der Waals surface area contributed by atoms with Crippen molar-refractivity contribution in [3.8, 4) is 6.07 Å². The highest BCUT2D eigenvalue weighted by Gasteiger charge is 2.36. The smallest absolute Gasteiger partial charge is 0.378 e. The molecule has 2 rings (SSSR count). The van der Waals surface area contributed by atoms with Gasteiger partial charge >= 0.3 is 6.18 Å². The van der Waals surface area contributed by atoms with Gasteiger partial charge in [-0.05, 0) is 25.1 Å². The summed E-state index contributed by atoms with van der Waals surface area (Å²) in [4.78, 5) is -0.420. The summed E-state index contributed by atoms with van der Waals surface area (Å²) in [6.07, 6.45) is -4.64. The van der Waals surface area contributed by atoms with Gasteiger partial charge in [0.2, 0.25) is 10.0 Å². The van der Waals surface area contributed by atoms with Crippen LogP contribution < -0.4 is 0 Å². The Kier molecular flexibility index (Phi) is 4.47. The van der Waals surface area contributed by atoms with Gasteiger partial charge in [0.15, 0.2) is 0 Å². The quantitative estimate of drug-likeness (QED) is 0.829. The zero-order valence-corrected chi connectivity index (χ0v) is 12.4. The largest absolute Gasteiger partial charge is 0.416 e. The minimum Gasteiger partial charge on any atom is -0.378 e. The Morgan fingerprint density at radius 3 is 2.64 bits per heavy atom. The number of morpholine rings is 1. The summed E-state index contributed by atoms with van der Waals surface area (Å²) in [7, 11) is -4.05. The Balaban J connectivity index is 2.50. The maximum Gasteiger partial charge on any atom is 0.416 e. The highest BCUT2D eigenvalue weighted by atomic mass is 32.2. The number of alkyl halides is 3. The van der Waals surface area contributed by atoms with Gasteiger partial charge in [-0.3, -0.25) is 0 Å². The fourth-order valence-corrected chi connectivity index (χ4v) is 3.94. The summed E-state index contributed by atoms with van der Waals surface area (Å²) in [5, 5.41) is 9.01. The monoisotopic (exact) mass is 334 g/mol. The van der Waals surface area contributed by atoms with Gasteiger partial charge < -0.3 is 4.74 Å². The molecule has 5 nitrogen and oxygen atoms in total. The second-order valence-corrected chi connectivity index (χ2v) is 6.72. The number of halogens is 3. The second kappa shape index (κ2) is 5.87. The van der Waals surface area contributed by atoms with Crippen molar-refractivity contribution in [1.82, 2.24) is 4.31 Å². The van der Waals surface area contributed by atoms with Crippen LogP contribution in [0, 0.1) is 11.3 Å². The fourth-order valence-electron chi connectivity index (χ4n) is 2.21. The van der Waals surface area contributed by atoms with Gasteiger partial charge in [0.05, 0.1) is 29.2 Å². The lowest BCUT2D eigenvalue weighted by atomic mass is 10.1. The molecule has 120 valence electrons. The van der Waals surface area contributed by atoms with Crippen LogP contribution in [0.2, 0.25) is 0 Å². The molecular formula is C13H13F3N2O3S. The van der Waals surface area contributed by atoms with E-state index in [0.29, 0.717) is 12.1 Å². The van der Waals surface area contributed by atoms with Crippen molar-refractivity contribution in [2.24, 2.45) is 0 Å². The molecule has 0 bridgehead atoms. The summed E-state index contributed by atoms with van der Waals surface area (Å²) < 4.78 is 69.4. The minimum absolute atomic E-state index is 0.0926. The van der Waals surface area contributed by atoms with Gasteiger partial charge in [-0.1, -0.05) is 0 Å². The average Bonchev–Trinajstić information content (AvgIpc) is 2.45. The molecule has 0 aromatic heterocycles. The van der Waals surface area contributed by atoms with Gasteiger partial charge in [-0.15, -0.1) is 0 Å². The first kappa shape index (κ1) is 16.7. The van der Waals surface area contributed by atoms with E-state index in [4.69, 9.17) is 10.00 Å². The second-order valence-electron chi connectivity index (χ2n) is 4.86. The summed E-state index contributed by atoms with van der Waals surface area (Å²) in [6, 6.07) is 3.13. The lowest BCUT2D eigenvalue weighted by Crippen LogP contribution is -2.47. The molecule has 0 saturated carbocycles. The molecule has 22 heavy (non-hydrogen) atoms. The molecule has 9 heteroatoms. The highest BCUT2D eigenvalue weighted by Crippen LogP contribution is 2.32. The Morgan fingerprint density at radius 1 is 1.41 bits per heavy atom. The number of sulfonamides is 1. The Labute approximate surface area is 126 Å². The number of nitriles is 1. The third kappa shape index (κ3) is 3.09. The van der Waals surface area contributed by atoms with Crippen molar-refractivity contribution in [2.75, 3.05) is 19.8 Å². The third-order valence-corrected chi connectivity index (χ3v) is 5.39. The van der Waals surface area contributed by atoms with E-state index in [0.717, 1.165) is 10.4 Å². The zero-order valence-electron chi connectivity index (χ0n) is 11.6. The summed E-state index contributed by atoms with van der Waals surface area (Å²) in [6.45, 7) is 2.12. The van der Waals surface area contributed by atoms with Gasteiger partial charge in [0.25, 0.3) is 0 Å². The molecule has 1 aliphatic heterocycles. The molecule has 1 aromatic carbocycles. The van der Waals surface area contributed by atoms with E-state index in [9.17, 15) is 21.6 Å². The van der Waals surface area contributed by atoms with Crippen LogP contribution in [-0.4, -0.2) is 38.5 Å². The topological polar surface area (TPSA) is 70.4 Å². The summed E-state index contributed by atoms with van der Waals surface area (Å²) >= 11 is 0. The molecule has 1 fully saturated rings. The predicted molar refractivity (Wildman–Crippen MR) is 70.3 cm³/mol. The van der Waals surface area contributed by atoms with Gasteiger partial charge in [0.1, 0.15) is 6.07 Å². The summed E-state index contributed by atoms with van der Waals surface area (Å²) in [5.74, 6) is 0. The highest BCUT2D eigenvalue weighted by molar-refractivity contribution is 7.89. The van der Waals surface area contributed by atoms with Crippen LogP contribution in [0.15, 0.2) is 23.1 Å². The predicted octanol–water partition coefficient (Wildman–Crippen LogP) is 1.99. The zero-order chi connectivity index (χ0) is 16.5. The van der Waals surface area contributed by atoms with Crippen LogP contribution in [0.3, 0.4) is 0 Å². The standard InChI is InChI=1S/C13H13F3N2O3S/c1-9-8-21-5-4-18(9)22(19,20)12-3-2-11(13(14,15)16)6-10(12)7-17/h2-3,6,9H,4-5,8H2,1H3/t9-/m1/s1. The number of nitrogens with zero attached hydrogens (tertiary/aromatic N) is 2. The molecule has 0 spiro atoms. The van der Waals surface area contributed by atoms with Crippen LogP contribution in [0.4, 0.5) is 13.2 Å². The van der Waals surface area contributed by atoms with Gasteiger partial charge in [-0.25, -0.2) is 8.42 Å². The maximum atomic E-state index is 12.7. The van der Waals surface area contributed by atoms with Crippen LogP contribution in [0.1, 0.15) is 18.1 Å². The first-order valence-corrected chi connectivity index (χ1v) is 7.83. The SMILES string of the molecule is C[C@@H]1COCCN1S(=O)(=O)c1ccc(C(F)(F)F)cc1C#N. The molecular weight excluding hydrogens is 321 g/mol. The molecule has 0 N–H and O–H groups in total. The molecule has 1 aliphatic rings. The van der Waals surface area contributed by atoms with Crippen molar-refractivity contribution in [2.45, 2.75) is 24.0 Å². The van der Waals surface area contributed by atoms with Crippen LogP contribution in [0.5, 0.6) is 0 Å². The molecule has 1 saturated heterocycles. The van der Waals surface area contributed by atoms with Crippen LogP contribution in [-0.2, 0) is 20.9 Å². The van der Waals surface area contributed by atoms with Crippen molar-refractivity contribution in [3.63, 3.8) is 0 Å². The number of hydrogen-bond acceptors (Lipinski definition) is 4. The van der Waals surface area contributed by atoms with Crippen molar-refractivity contribution >= 4 is 10.0 Å². The normalized spacial score (nSPS) is 20.6. The molecule has 0 radical (unpaired) electrons. The fraction of sp³-hybridized carbons (Fsp3) is 0.462. The van der Waals surface area contributed by atoms with E-state index >= 15 is 0 Å². The third-order valence-electron chi connectivity index (χ3n) is 3.32. The van der Waals surface area contributed by atoms with E-state index in [-0.39, 0.29) is 19.8 Å². The van der Waals surface area contributed by atoms with Gasteiger partial charge in [-0.2, -0.15) is 22.7 Å². The van der Waals surface area contributed by atoms with E-state index in [1.54, 1.807) is 6.92 Å². The van der Waals surface area contributed by atoms with Crippen LogP contribution >= 0.6 is 0 Å². The molecule has 1 heterocycles. The average molecular weight is 334 g/mol. The Morgan fingerprint density at radius 2 is 2.09 bits per heavy atom. The van der Waals surface area contributed by atoms with Crippen molar-refractivity contribution in [3.05, 3.63) is 29.3 Å². The molecule has 0 unspecified atom stereocenters. The first-order chi connectivity index (χ1) is 10.2. The lowest BCUT2D eigenvalue weighted by Gasteiger charge is -2.32. The number of hydrogen-bond donors (Lipinski definition) is 0. The minimum atomic E-state index is -4.64. The molecule has 0 amide bonds. The first-order valence-electron chi connectivity index (χ1n) is 6.39. The molecule has 1 atom stereocenters. The van der Waals surface area contributed by atoms with Gasteiger partial charge in [0, 0.05) is 12.6 Å². The number of rotatable bonds is 2. The van der Waals surface area contributed by atoms with E-state index in [1.165, 1.54) is 6.07 Å². The summed E-state index contributed by atoms with van der Waals surface area (Å²) in [5.41, 5.74) is -1.58. The van der Waals surface area contributed by atoms with E-state index in [1.807, 2.05) is 0 Å². The van der Waals surface area contributed by atoms with Crippen molar-refractivity contribution < 1.29 is 26.3 Å². The van der Waals surface area contributed by atoms with Crippen molar-refractivity contribution in [1.29, 1.82) is 5.26 Å². The van der Waals surface area contributed by atoms with E-state index < -0.39 is 38.3 Å².